The van der Waals surface area contributed by atoms with Gasteiger partial charge in [-0.3, -0.25) is 0 Å². The van der Waals surface area contributed by atoms with Crippen LogP contribution in [0.5, 0.6) is 11.5 Å². The summed E-state index contributed by atoms with van der Waals surface area (Å²) in [5.74, 6) is -2.60. The summed E-state index contributed by atoms with van der Waals surface area (Å²) in [7, 11) is -5.13. The van der Waals surface area contributed by atoms with Crippen molar-refractivity contribution in [3.05, 3.63) is 72.3 Å². The summed E-state index contributed by atoms with van der Waals surface area (Å²) in [6.07, 6.45) is -2.04. The molecule has 0 heterocycles. The minimum Gasteiger partial charge on any atom is -0.744 e. The Labute approximate surface area is 197 Å². The second-order valence-electron chi connectivity index (χ2n) is 5.56. The molecule has 0 saturated carbocycles. The van der Waals surface area contributed by atoms with Crippen LogP contribution >= 0.6 is 0 Å². The van der Waals surface area contributed by atoms with E-state index < -0.39 is 44.4 Å². The summed E-state index contributed by atoms with van der Waals surface area (Å²) in [5.41, 5.74) is -1.15. The molecule has 0 amide bonds. The molecule has 2 aromatic rings. The quantitative estimate of drug-likeness (QED) is 0.199. The van der Waals surface area contributed by atoms with Gasteiger partial charge >= 0.3 is 47.7 Å². The van der Waals surface area contributed by atoms with Crippen LogP contribution in [0.1, 0.15) is 11.1 Å². The van der Waals surface area contributed by atoms with Gasteiger partial charge in [-0.15, -0.1) is 0 Å². The molecule has 0 aliphatic rings. The minimum atomic E-state index is -5.13. The third kappa shape index (κ3) is 7.96. The number of halogens is 3. The summed E-state index contributed by atoms with van der Waals surface area (Å²) in [5, 5.41) is 0. The summed E-state index contributed by atoms with van der Waals surface area (Å²) in [6, 6.07) is 7.02. The fraction of sp³-hybridized carbons (Fsp3) is 0.0526. The van der Waals surface area contributed by atoms with Crippen molar-refractivity contribution in [3.8, 4) is 11.5 Å². The first-order chi connectivity index (χ1) is 13.9. The molecule has 0 fully saturated rings. The van der Waals surface area contributed by atoms with Crippen LogP contribution < -0.4 is 39.0 Å². The summed E-state index contributed by atoms with van der Waals surface area (Å²) >= 11 is 0. The Morgan fingerprint density at radius 2 is 1.61 bits per heavy atom. The number of alkyl halides is 3. The molecule has 0 atom stereocenters. The van der Waals surface area contributed by atoms with Crippen molar-refractivity contribution in [2.45, 2.75) is 11.1 Å². The largest absolute Gasteiger partial charge is 1.00 e. The third-order valence-corrected chi connectivity index (χ3v) is 4.26. The van der Waals surface area contributed by atoms with E-state index in [0.717, 1.165) is 12.2 Å². The third-order valence-electron chi connectivity index (χ3n) is 3.43. The molecular weight excluding hydrogens is 452 g/mol. The van der Waals surface area contributed by atoms with E-state index in [1.807, 2.05) is 0 Å². The van der Waals surface area contributed by atoms with Crippen LogP contribution in [0.25, 0.3) is 6.08 Å². The summed E-state index contributed by atoms with van der Waals surface area (Å²) in [6.45, 7) is 3.24. The summed E-state index contributed by atoms with van der Waals surface area (Å²) < 4.78 is 81.6. The number of rotatable bonds is 6. The van der Waals surface area contributed by atoms with Crippen LogP contribution in [-0.2, 0) is 25.9 Å². The Balaban J connectivity index is 0.00000480. The number of esters is 2. The Kier molecular flexibility index (Phi) is 9.21. The number of ether oxygens (including phenoxy) is 2. The average Bonchev–Trinajstić information content (AvgIpc) is 2.66. The average molecular weight is 464 g/mol. The second-order valence-corrected chi connectivity index (χ2v) is 6.94. The maximum Gasteiger partial charge on any atom is 1.00 e. The smallest absolute Gasteiger partial charge is 0.744 e. The number of hydrogen-bond acceptors (Lipinski definition) is 7. The Morgan fingerprint density at radius 3 is 2.13 bits per heavy atom. The number of benzene rings is 2. The predicted octanol–water partition coefficient (Wildman–Crippen LogP) is 0.324. The van der Waals surface area contributed by atoms with Crippen molar-refractivity contribution in [2.75, 3.05) is 0 Å². The van der Waals surface area contributed by atoms with Gasteiger partial charge in [-0.25, -0.2) is 18.0 Å². The standard InChI is InChI=1S/C19H13F3O7S.Na/c1-2-17(23)28-13-6-3-12(4-7-13)5-10-18(24)29-16-9-8-14(30(25,26)27)11-15(16)19(20,21)22;/h2-11H,1H2,(H,25,26,27);/q;+1/p-1/b10-5+;. The minimum absolute atomic E-state index is 0. The molecular formula is C19H12F3NaO7S. The monoisotopic (exact) mass is 464 g/mol. The maximum atomic E-state index is 13.1. The van der Waals surface area contributed by atoms with Crippen molar-refractivity contribution in [2.24, 2.45) is 0 Å². The van der Waals surface area contributed by atoms with Gasteiger partial charge in [-0.05, 0) is 42.0 Å². The van der Waals surface area contributed by atoms with Gasteiger partial charge in [0.1, 0.15) is 21.6 Å². The van der Waals surface area contributed by atoms with Crippen LogP contribution in [0.2, 0.25) is 0 Å². The van der Waals surface area contributed by atoms with E-state index in [9.17, 15) is 35.7 Å². The van der Waals surface area contributed by atoms with E-state index in [1.165, 1.54) is 30.3 Å². The van der Waals surface area contributed by atoms with Crippen molar-refractivity contribution in [1.82, 2.24) is 0 Å². The molecule has 2 rings (SSSR count). The van der Waals surface area contributed by atoms with Gasteiger partial charge in [0.25, 0.3) is 0 Å². The van der Waals surface area contributed by atoms with Gasteiger partial charge in [-0.2, -0.15) is 13.2 Å². The molecule has 0 bridgehead atoms. The molecule has 158 valence electrons. The maximum absolute atomic E-state index is 13.1. The number of carbonyl (C=O) groups is 2. The van der Waals surface area contributed by atoms with Gasteiger partial charge in [-0.1, -0.05) is 18.7 Å². The number of carbonyl (C=O) groups excluding carboxylic acids is 2. The fourth-order valence-electron chi connectivity index (χ4n) is 2.09. The van der Waals surface area contributed by atoms with Crippen LogP contribution in [0.15, 0.2) is 66.1 Å². The van der Waals surface area contributed by atoms with E-state index in [-0.39, 0.29) is 41.4 Å². The molecule has 31 heavy (non-hydrogen) atoms. The van der Waals surface area contributed by atoms with Gasteiger partial charge in [0.15, 0.2) is 0 Å². The van der Waals surface area contributed by atoms with Crippen molar-refractivity contribution < 1.29 is 74.8 Å². The topological polar surface area (TPSA) is 110 Å². The van der Waals surface area contributed by atoms with E-state index in [0.29, 0.717) is 17.7 Å². The molecule has 0 aliphatic carbocycles. The molecule has 0 aliphatic heterocycles. The van der Waals surface area contributed by atoms with E-state index in [2.05, 4.69) is 11.3 Å². The fourth-order valence-corrected chi connectivity index (χ4v) is 2.58. The Morgan fingerprint density at radius 1 is 1.00 bits per heavy atom. The molecule has 12 heteroatoms. The molecule has 0 unspecified atom stereocenters. The van der Waals surface area contributed by atoms with E-state index in [1.54, 1.807) is 0 Å². The molecule has 0 aromatic heterocycles. The normalized spacial score (nSPS) is 11.5. The van der Waals surface area contributed by atoms with Crippen molar-refractivity contribution in [3.63, 3.8) is 0 Å². The van der Waals surface area contributed by atoms with E-state index in [4.69, 9.17) is 4.74 Å². The van der Waals surface area contributed by atoms with Crippen LogP contribution in [0.3, 0.4) is 0 Å². The summed E-state index contributed by atoms with van der Waals surface area (Å²) in [4.78, 5) is 21.8. The van der Waals surface area contributed by atoms with Crippen LogP contribution in [0.4, 0.5) is 13.2 Å². The number of hydrogen-bond donors (Lipinski definition) is 0. The first-order valence-corrected chi connectivity index (χ1v) is 9.32. The predicted molar refractivity (Wildman–Crippen MR) is 96.4 cm³/mol. The van der Waals surface area contributed by atoms with Crippen molar-refractivity contribution >= 4 is 28.1 Å². The van der Waals surface area contributed by atoms with Gasteiger partial charge in [0, 0.05) is 12.2 Å². The molecule has 0 spiro atoms. The first-order valence-electron chi connectivity index (χ1n) is 7.91. The Hall–Kier alpha value is -2.44. The van der Waals surface area contributed by atoms with Crippen molar-refractivity contribution in [1.29, 1.82) is 0 Å². The zero-order valence-corrected chi connectivity index (χ0v) is 18.7. The van der Waals surface area contributed by atoms with Gasteiger partial charge in [0.05, 0.1) is 10.5 Å². The second kappa shape index (κ2) is 10.7. The molecule has 7 nitrogen and oxygen atoms in total. The zero-order valence-electron chi connectivity index (χ0n) is 15.9. The SMILES string of the molecule is C=CC(=O)Oc1ccc(/C=C/C(=O)Oc2ccc(S(=O)(=O)[O-])cc2C(F)(F)F)cc1.[Na+]. The van der Waals surface area contributed by atoms with E-state index >= 15 is 0 Å². The van der Waals surface area contributed by atoms with Crippen LogP contribution in [0, 0.1) is 0 Å². The molecule has 0 saturated heterocycles. The van der Waals surface area contributed by atoms with Gasteiger partial charge in [0.2, 0.25) is 0 Å². The zero-order chi connectivity index (χ0) is 22.5. The molecule has 0 N–H and O–H groups in total. The Bertz CT molecular complexity index is 1110. The molecule has 0 radical (unpaired) electrons. The first kappa shape index (κ1) is 26.6. The molecule has 2 aromatic carbocycles. The van der Waals surface area contributed by atoms with Gasteiger partial charge < -0.3 is 14.0 Å². The van der Waals surface area contributed by atoms with Crippen LogP contribution in [-0.4, -0.2) is 24.9 Å².